The van der Waals surface area contributed by atoms with E-state index in [0.717, 1.165) is 66.0 Å². The maximum absolute atomic E-state index is 12.5. The Hall–Kier alpha value is -2.38. The molecule has 0 unspecified atom stereocenters. The average Bonchev–Trinajstić information content (AvgIpc) is 3.19. The molecule has 0 atom stereocenters. The molecule has 3 aromatic rings. The lowest BCUT2D eigenvalue weighted by Crippen LogP contribution is -2.46. The summed E-state index contributed by atoms with van der Waals surface area (Å²) in [6.45, 7) is 5.20. The minimum atomic E-state index is -0.471. The number of anilines is 1. The van der Waals surface area contributed by atoms with Gasteiger partial charge in [-0.15, -0.1) is 0 Å². The number of piperazine rings is 1. The Balaban J connectivity index is 1.20. The largest absolute Gasteiger partial charge is 0.489 e. The molecule has 4 rings (SSSR count). The molecule has 29 heavy (non-hydrogen) atoms. The van der Waals surface area contributed by atoms with E-state index in [1.807, 2.05) is 36.4 Å². The number of benzene rings is 2. The van der Waals surface area contributed by atoms with Crippen LogP contribution in [0.25, 0.3) is 10.2 Å². The molecule has 0 bridgehead atoms. The molecule has 2 aromatic carbocycles. The minimum Gasteiger partial charge on any atom is -0.489 e. The third-order valence-corrected chi connectivity index (χ3v) is 5.98. The van der Waals surface area contributed by atoms with Gasteiger partial charge in [-0.1, -0.05) is 35.6 Å². The zero-order valence-corrected chi connectivity index (χ0v) is 17.2. The van der Waals surface area contributed by atoms with Gasteiger partial charge in [0.25, 0.3) is 5.19 Å². The van der Waals surface area contributed by atoms with Gasteiger partial charge in [0.2, 0.25) is 0 Å². The van der Waals surface area contributed by atoms with Crippen LogP contribution in [0, 0.1) is 0 Å². The number of aromatic nitrogens is 1. The first-order valence-corrected chi connectivity index (χ1v) is 10.9. The Bertz CT molecular complexity index is 879. The molecule has 1 aliphatic rings. The highest BCUT2D eigenvalue weighted by Gasteiger charge is 2.19. The Morgan fingerprint density at radius 3 is 2.55 bits per heavy atom. The average molecular weight is 416 g/mol. The van der Waals surface area contributed by atoms with Gasteiger partial charge in [-0.05, 0) is 30.7 Å². The van der Waals surface area contributed by atoms with Crippen LogP contribution in [-0.2, 0) is 0 Å². The van der Waals surface area contributed by atoms with E-state index in [2.05, 4.69) is 26.9 Å². The monoisotopic (exact) mass is 415 g/mol. The second kappa shape index (κ2) is 9.89. The third-order valence-electron chi connectivity index (χ3n) is 5.03. The molecule has 1 saturated heterocycles. The standard InChI is InChI=1S/C22H26FN3O2S/c23-10-17-27-20-8-3-2-7-19(20)26-14-12-25(13-15-26)11-5-16-28-22-24-18-6-1-4-9-21(18)29-22/h1-4,6-9H,5,10-17H2. The van der Waals surface area contributed by atoms with Crippen LogP contribution in [0.1, 0.15) is 6.42 Å². The van der Waals surface area contributed by atoms with E-state index in [0.29, 0.717) is 6.61 Å². The molecule has 0 radical (unpaired) electrons. The molecule has 0 saturated carbocycles. The van der Waals surface area contributed by atoms with Crippen molar-refractivity contribution < 1.29 is 13.9 Å². The number of nitrogens with zero attached hydrogens (tertiary/aromatic N) is 3. The number of hydrogen-bond acceptors (Lipinski definition) is 6. The van der Waals surface area contributed by atoms with Crippen molar-refractivity contribution in [1.82, 2.24) is 9.88 Å². The highest BCUT2D eigenvalue weighted by Crippen LogP contribution is 2.29. The summed E-state index contributed by atoms with van der Waals surface area (Å²) in [4.78, 5) is 9.29. The first kappa shape index (κ1) is 19.9. The normalized spacial score (nSPS) is 15.0. The first-order chi connectivity index (χ1) is 14.3. The van der Waals surface area contributed by atoms with Crippen molar-refractivity contribution in [1.29, 1.82) is 0 Å². The van der Waals surface area contributed by atoms with Gasteiger partial charge in [0.15, 0.2) is 0 Å². The second-order valence-corrected chi connectivity index (χ2v) is 7.98. The molecule has 1 aliphatic heterocycles. The number of para-hydroxylation sites is 3. The van der Waals surface area contributed by atoms with E-state index >= 15 is 0 Å². The summed E-state index contributed by atoms with van der Waals surface area (Å²) in [5, 5.41) is 0.751. The number of ether oxygens (including phenoxy) is 2. The highest BCUT2D eigenvalue weighted by atomic mass is 32.1. The summed E-state index contributed by atoms with van der Waals surface area (Å²) in [6.07, 6.45) is 0.978. The molecule has 1 fully saturated rings. The molecule has 2 heterocycles. The van der Waals surface area contributed by atoms with Crippen molar-refractivity contribution in [3.8, 4) is 10.9 Å². The van der Waals surface area contributed by atoms with E-state index in [9.17, 15) is 4.39 Å². The number of halogens is 1. The summed E-state index contributed by atoms with van der Waals surface area (Å²) in [7, 11) is 0. The van der Waals surface area contributed by atoms with E-state index in [-0.39, 0.29) is 6.61 Å². The molecule has 0 spiro atoms. The summed E-state index contributed by atoms with van der Waals surface area (Å²) < 4.78 is 25.0. The summed E-state index contributed by atoms with van der Waals surface area (Å²) in [5.41, 5.74) is 2.05. The van der Waals surface area contributed by atoms with Gasteiger partial charge in [0, 0.05) is 32.7 Å². The van der Waals surface area contributed by atoms with Crippen LogP contribution in [0.3, 0.4) is 0 Å². The summed E-state index contributed by atoms with van der Waals surface area (Å²) in [6, 6.07) is 16.0. The van der Waals surface area contributed by atoms with Gasteiger partial charge in [0.05, 0.1) is 22.5 Å². The van der Waals surface area contributed by atoms with Crippen molar-refractivity contribution in [2.75, 3.05) is 57.5 Å². The fourth-order valence-corrected chi connectivity index (χ4v) is 4.40. The van der Waals surface area contributed by atoms with Crippen molar-refractivity contribution in [2.45, 2.75) is 6.42 Å². The molecular formula is C22H26FN3O2S. The number of rotatable bonds is 9. The van der Waals surface area contributed by atoms with Gasteiger partial charge >= 0.3 is 0 Å². The quantitative estimate of drug-likeness (QED) is 0.489. The van der Waals surface area contributed by atoms with Crippen molar-refractivity contribution >= 4 is 27.2 Å². The molecular weight excluding hydrogens is 389 g/mol. The Morgan fingerprint density at radius 2 is 1.72 bits per heavy atom. The molecule has 7 heteroatoms. The predicted molar refractivity (Wildman–Crippen MR) is 116 cm³/mol. The van der Waals surface area contributed by atoms with Crippen LogP contribution in [-0.4, -0.2) is 62.5 Å². The van der Waals surface area contributed by atoms with Crippen LogP contribution in [0.4, 0.5) is 10.1 Å². The fraction of sp³-hybridized carbons (Fsp3) is 0.409. The van der Waals surface area contributed by atoms with Gasteiger partial charge in [-0.2, -0.15) is 0 Å². The fourth-order valence-electron chi connectivity index (χ4n) is 3.56. The van der Waals surface area contributed by atoms with Gasteiger partial charge in [0.1, 0.15) is 19.0 Å². The van der Waals surface area contributed by atoms with Gasteiger partial charge in [-0.25, -0.2) is 9.37 Å². The summed E-state index contributed by atoms with van der Waals surface area (Å²) >= 11 is 1.60. The molecule has 154 valence electrons. The highest BCUT2D eigenvalue weighted by molar-refractivity contribution is 7.20. The number of fused-ring (bicyclic) bond motifs is 1. The third kappa shape index (κ3) is 5.16. The lowest BCUT2D eigenvalue weighted by atomic mass is 10.2. The van der Waals surface area contributed by atoms with Crippen molar-refractivity contribution in [2.24, 2.45) is 0 Å². The lowest BCUT2D eigenvalue weighted by molar-refractivity contribution is 0.223. The SMILES string of the molecule is FCCOc1ccccc1N1CCN(CCCOc2nc3ccccc3s2)CC1. The molecule has 1 aromatic heterocycles. The second-order valence-electron chi connectivity index (χ2n) is 6.98. The zero-order valence-electron chi connectivity index (χ0n) is 16.4. The van der Waals surface area contributed by atoms with Crippen LogP contribution in [0.2, 0.25) is 0 Å². The number of thiazole rings is 1. The van der Waals surface area contributed by atoms with Crippen LogP contribution in [0.15, 0.2) is 48.5 Å². The van der Waals surface area contributed by atoms with E-state index < -0.39 is 6.67 Å². The smallest absolute Gasteiger partial charge is 0.274 e. The zero-order chi connectivity index (χ0) is 19.9. The predicted octanol–water partition coefficient (Wildman–Crippen LogP) is 4.24. The summed E-state index contributed by atoms with van der Waals surface area (Å²) in [5.74, 6) is 0.767. The van der Waals surface area contributed by atoms with Gasteiger partial charge in [-0.3, -0.25) is 4.90 Å². The minimum absolute atomic E-state index is 0.103. The number of alkyl halides is 1. The molecule has 5 nitrogen and oxygen atoms in total. The van der Waals surface area contributed by atoms with E-state index in [1.54, 1.807) is 11.3 Å². The Morgan fingerprint density at radius 1 is 0.931 bits per heavy atom. The molecule has 0 aliphatic carbocycles. The maximum Gasteiger partial charge on any atom is 0.274 e. The maximum atomic E-state index is 12.5. The van der Waals surface area contributed by atoms with Gasteiger partial charge < -0.3 is 14.4 Å². The molecule has 0 N–H and O–H groups in total. The lowest BCUT2D eigenvalue weighted by Gasteiger charge is -2.36. The van der Waals surface area contributed by atoms with Crippen LogP contribution in [0.5, 0.6) is 10.9 Å². The van der Waals surface area contributed by atoms with E-state index in [4.69, 9.17) is 9.47 Å². The first-order valence-electron chi connectivity index (χ1n) is 10.1. The van der Waals surface area contributed by atoms with Crippen molar-refractivity contribution in [3.63, 3.8) is 0 Å². The Kier molecular flexibility index (Phi) is 6.79. The number of hydrogen-bond donors (Lipinski definition) is 0. The van der Waals surface area contributed by atoms with Crippen LogP contribution >= 0.6 is 11.3 Å². The van der Waals surface area contributed by atoms with E-state index in [1.165, 1.54) is 0 Å². The topological polar surface area (TPSA) is 37.8 Å². The van der Waals surface area contributed by atoms with Crippen LogP contribution < -0.4 is 14.4 Å². The Labute approximate surface area is 174 Å². The molecule has 0 amide bonds. The van der Waals surface area contributed by atoms with Crippen molar-refractivity contribution in [3.05, 3.63) is 48.5 Å².